The van der Waals surface area contributed by atoms with E-state index in [1.54, 1.807) is 0 Å². The lowest BCUT2D eigenvalue weighted by Crippen LogP contribution is -2.58. The monoisotopic (exact) mass is 413 g/mol. The summed E-state index contributed by atoms with van der Waals surface area (Å²) in [5.74, 6) is 7.19. The molecule has 0 aromatic rings. The Morgan fingerprint density at radius 2 is 1.70 bits per heavy atom. The number of carbonyl (C=O) groups excluding carboxylic acids is 1. The molecule has 0 radical (unpaired) electrons. The lowest BCUT2D eigenvalue weighted by Gasteiger charge is -2.56. The van der Waals surface area contributed by atoms with Crippen molar-refractivity contribution >= 4 is 5.78 Å². The minimum absolute atomic E-state index is 0.135. The molecule has 0 spiro atoms. The normalized spacial score (nSPS) is 58.3. The molecular weight excluding hydrogens is 370 g/mol. The lowest BCUT2D eigenvalue weighted by molar-refractivity contribution is -0.145. The Balaban J connectivity index is 1.28. The average molecular weight is 414 g/mol. The Morgan fingerprint density at radius 3 is 2.53 bits per heavy atom. The molecule has 3 heteroatoms. The first kappa shape index (κ1) is 20.2. The lowest BCUT2D eigenvalue weighted by atomic mass is 9.51. The number of rotatable bonds is 0. The number of piperidine rings is 2. The van der Waals surface area contributed by atoms with Crippen LogP contribution in [0.4, 0.5) is 0 Å². The Kier molecular flexibility index (Phi) is 4.75. The summed E-state index contributed by atoms with van der Waals surface area (Å²) in [5, 5.41) is 10.3. The Labute approximate surface area is 183 Å². The maximum absolute atomic E-state index is 13.2. The molecule has 4 aliphatic carbocycles. The van der Waals surface area contributed by atoms with Crippen molar-refractivity contribution in [2.45, 2.75) is 90.7 Å². The van der Waals surface area contributed by atoms with E-state index in [4.69, 9.17) is 0 Å². The molecule has 0 amide bonds. The van der Waals surface area contributed by atoms with Crippen LogP contribution in [-0.2, 0) is 4.79 Å². The fraction of sp³-hybridized carbons (Fsp3) is 0.963. The number of fused-ring (bicyclic) bond motifs is 8. The summed E-state index contributed by atoms with van der Waals surface area (Å²) in [7, 11) is 0. The Morgan fingerprint density at radius 1 is 0.900 bits per heavy atom. The predicted molar refractivity (Wildman–Crippen MR) is 119 cm³/mol. The molecule has 1 N–H and O–H groups in total. The molecule has 3 nitrogen and oxygen atoms in total. The summed E-state index contributed by atoms with van der Waals surface area (Å²) in [6.07, 6.45) is 10.3. The van der Waals surface area contributed by atoms with E-state index in [1.165, 1.54) is 45.2 Å². The van der Waals surface area contributed by atoms with Crippen molar-refractivity contribution in [2.75, 3.05) is 13.1 Å². The molecule has 4 saturated carbocycles. The molecule has 6 rings (SSSR count). The van der Waals surface area contributed by atoms with Crippen LogP contribution in [0.2, 0.25) is 0 Å². The van der Waals surface area contributed by atoms with Gasteiger partial charge in [-0.3, -0.25) is 9.69 Å². The largest absolute Gasteiger partial charge is 0.393 e. The fourth-order valence-electron chi connectivity index (χ4n) is 10.3. The standard InChI is InChI=1S/C27H43NO2/c1-15-4-7-25-16(2)18-5-6-19-20(22(18)14-28(25)13-15)11-23-21(19)12-26(30)24-10-17(29)8-9-27(23,24)3/h15-25,29H,4-14H2,1-3H3/t15-,16?,17-,18+,19+,20+,21-,22+,23-,24+,25-,27+/m0/s1. The first-order chi connectivity index (χ1) is 14.4. The highest BCUT2D eigenvalue weighted by molar-refractivity contribution is 5.83. The number of ketones is 1. The van der Waals surface area contributed by atoms with Gasteiger partial charge in [-0.15, -0.1) is 0 Å². The SMILES string of the molecule is CC1[C@H]2CC[C@@H]3[C@@H](C[C@H]4[C@H]3CC(=O)[C@H]3C[C@@H](O)CC[C@@]34C)[C@@H]2CN2C[C@@H](C)CC[C@@H]12. The van der Waals surface area contributed by atoms with Crippen molar-refractivity contribution < 1.29 is 9.90 Å². The van der Waals surface area contributed by atoms with Gasteiger partial charge in [0.05, 0.1) is 6.10 Å². The minimum atomic E-state index is -0.242. The Bertz CT molecular complexity index is 705. The molecule has 1 unspecified atom stereocenters. The van der Waals surface area contributed by atoms with E-state index in [1.807, 2.05) is 0 Å². The number of carbonyl (C=O) groups is 1. The molecule has 0 aromatic heterocycles. The maximum atomic E-state index is 13.2. The van der Waals surface area contributed by atoms with E-state index in [0.29, 0.717) is 11.7 Å². The molecule has 0 bridgehead atoms. The van der Waals surface area contributed by atoms with Crippen molar-refractivity contribution in [3.05, 3.63) is 0 Å². The van der Waals surface area contributed by atoms with Crippen molar-refractivity contribution in [3.8, 4) is 0 Å². The van der Waals surface area contributed by atoms with Gasteiger partial charge in [-0.1, -0.05) is 20.8 Å². The third-order valence-electron chi connectivity index (χ3n) is 11.8. The highest BCUT2D eigenvalue weighted by Crippen LogP contribution is 2.66. The zero-order valence-electron chi connectivity index (χ0n) is 19.4. The van der Waals surface area contributed by atoms with E-state index in [9.17, 15) is 9.90 Å². The van der Waals surface area contributed by atoms with E-state index in [0.717, 1.165) is 73.2 Å². The maximum Gasteiger partial charge on any atom is 0.136 e. The van der Waals surface area contributed by atoms with Gasteiger partial charge < -0.3 is 5.11 Å². The van der Waals surface area contributed by atoms with Crippen LogP contribution in [0.1, 0.15) is 78.6 Å². The van der Waals surface area contributed by atoms with Gasteiger partial charge in [0.2, 0.25) is 0 Å². The van der Waals surface area contributed by atoms with Crippen molar-refractivity contribution in [2.24, 2.45) is 58.7 Å². The van der Waals surface area contributed by atoms with Gasteiger partial charge in [0.1, 0.15) is 5.78 Å². The van der Waals surface area contributed by atoms with Gasteiger partial charge in [0, 0.05) is 31.5 Å². The molecule has 168 valence electrons. The number of nitrogens with zero attached hydrogens (tertiary/aromatic N) is 1. The summed E-state index contributed by atoms with van der Waals surface area (Å²) in [4.78, 5) is 16.1. The molecule has 6 aliphatic rings. The first-order valence-corrected chi connectivity index (χ1v) is 13.3. The predicted octanol–water partition coefficient (Wildman–Crippen LogP) is 4.77. The summed E-state index contributed by atoms with van der Waals surface area (Å²) in [6.45, 7) is 10.1. The van der Waals surface area contributed by atoms with Crippen molar-refractivity contribution in [1.82, 2.24) is 4.90 Å². The summed E-state index contributed by atoms with van der Waals surface area (Å²) in [6, 6.07) is 0.839. The second-order valence-corrected chi connectivity index (χ2v) is 13.0. The van der Waals surface area contributed by atoms with Gasteiger partial charge >= 0.3 is 0 Å². The quantitative estimate of drug-likeness (QED) is 0.622. The van der Waals surface area contributed by atoms with Gasteiger partial charge in [0.15, 0.2) is 0 Å². The second kappa shape index (κ2) is 7.04. The van der Waals surface area contributed by atoms with Crippen molar-refractivity contribution in [3.63, 3.8) is 0 Å². The van der Waals surface area contributed by atoms with Gasteiger partial charge in [-0.05, 0) is 104 Å². The van der Waals surface area contributed by atoms with Gasteiger partial charge in [-0.25, -0.2) is 0 Å². The van der Waals surface area contributed by atoms with Crippen LogP contribution in [-0.4, -0.2) is 41.0 Å². The Hall–Kier alpha value is -0.410. The molecule has 2 heterocycles. The highest BCUT2D eigenvalue weighted by Gasteiger charge is 2.62. The summed E-state index contributed by atoms with van der Waals surface area (Å²) >= 11 is 0. The number of Topliss-reactive ketones (excluding diaryl/α,β-unsaturated/α-hetero) is 1. The number of aliphatic hydroxyl groups is 1. The molecule has 30 heavy (non-hydrogen) atoms. The molecular formula is C27H43NO2. The topological polar surface area (TPSA) is 40.5 Å². The third-order valence-corrected chi connectivity index (χ3v) is 11.8. The average Bonchev–Trinajstić information content (AvgIpc) is 3.09. The van der Waals surface area contributed by atoms with E-state index >= 15 is 0 Å². The fourth-order valence-corrected chi connectivity index (χ4v) is 10.3. The van der Waals surface area contributed by atoms with Crippen LogP contribution < -0.4 is 0 Å². The number of hydrogen-bond acceptors (Lipinski definition) is 3. The molecule has 12 atom stereocenters. The third kappa shape index (κ3) is 2.79. The van der Waals surface area contributed by atoms with Gasteiger partial charge in [-0.2, -0.15) is 0 Å². The molecule has 6 fully saturated rings. The van der Waals surface area contributed by atoms with Crippen LogP contribution >= 0.6 is 0 Å². The number of hydrogen-bond donors (Lipinski definition) is 1. The highest BCUT2D eigenvalue weighted by atomic mass is 16.3. The molecule has 2 saturated heterocycles. The minimum Gasteiger partial charge on any atom is -0.393 e. The summed E-state index contributed by atoms with van der Waals surface area (Å²) in [5.41, 5.74) is 0.161. The van der Waals surface area contributed by atoms with Crippen LogP contribution in [0.25, 0.3) is 0 Å². The first-order valence-electron chi connectivity index (χ1n) is 13.3. The summed E-state index contributed by atoms with van der Waals surface area (Å²) < 4.78 is 0. The smallest absolute Gasteiger partial charge is 0.136 e. The molecule has 2 aliphatic heterocycles. The van der Waals surface area contributed by atoms with Crippen LogP contribution in [0, 0.1) is 58.7 Å². The zero-order valence-corrected chi connectivity index (χ0v) is 19.4. The van der Waals surface area contributed by atoms with Gasteiger partial charge in [0.25, 0.3) is 0 Å². The second-order valence-electron chi connectivity index (χ2n) is 13.0. The van der Waals surface area contributed by atoms with E-state index in [-0.39, 0.29) is 17.4 Å². The molecule has 0 aromatic carbocycles. The van der Waals surface area contributed by atoms with Crippen LogP contribution in [0.15, 0.2) is 0 Å². The zero-order chi connectivity index (χ0) is 20.8. The van der Waals surface area contributed by atoms with E-state index < -0.39 is 0 Å². The van der Waals surface area contributed by atoms with Crippen LogP contribution in [0.3, 0.4) is 0 Å². The number of aliphatic hydroxyl groups excluding tert-OH is 1. The van der Waals surface area contributed by atoms with Crippen LogP contribution in [0.5, 0.6) is 0 Å². The van der Waals surface area contributed by atoms with Crippen molar-refractivity contribution in [1.29, 1.82) is 0 Å². The van der Waals surface area contributed by atoms with E-state index in [2.05, 4.69) is 25.7 Å².